The van der Waals surface area contributed by atoms with Gasteiger partial charge in [0.1, 0.15) is 10.1 Å². The standard InChI is InChI=1S/C23H16ClN7O3S/c1-12-8-15(13(2)29(12)16-5-6-18(24)19(10-16)31(33)34)9-17-20(25)30-23(27-21(17)32)35-22(28-30)14-4-3-7-26-11-14/h3-11,25H,1-2H3/b17-9+,25-20?. The Morgan fingerprint density at radius 3 is 2.74 bits per heavy atom. The number of amidine groups is 2. The van der Waals surface area contributed by atoms with E-state index in [-0.39, 0.29) is 22.1 Å². The number of benzene rings is 1. The van der Waals surface area contributed by atoms with Crippen LogP contribution in [0, 0.1) is 29.4 Å². The molecule has 12 heteroatoms. The summed E-state index contributed by atoms with van der Waals surface area (Å²) in [7, 11) is 0. The van der Waals surface area contributed by atoms with Crippen molar-refractivity contribution in [3.05, 3.63) is 92.0 Å². The number of halogens is 1. The molecular formula is C23H16ClN7O3S. The van der Waals surface area contributed by atoms with Gasteiger partial charge < -0.3 is 4.57 Å². The molecule has 1 amide bonds. The molecule has 0 spiro atoms. The smallest absolute Gasteiger partial charge is 0.289 e. The van der Waals surface area contributed by atoms with Crippen molar-refractivity contribution in [2.75, 3.05) is 0 Å². The predicted octanol–water partition coefficient (Wildman–Crippen LogP) is 4.72. The first kappa shape index (κ1) is 22.7. The number of nitrogens with one attached hydrogen (secondary N) is 1. The summed E-state index contributed by atoms with van der Waals surface area (Å²) < 4.78 is 1.83. The van der Waals surface area contributed by atoms with Gasteiger partial charge in [-0.3, -0.25) is 25.3 Å². The quantitative estimate of drug-likeness (QED) is 0.310. The Morgan fingerprint density at radius 1 is 1.23 bits per heavy atom. The topological polar surface area (TPSA) is 130 Å². The third kappa shape index (κ3) is 3.94. The van der Waals surface area contributed by atoms with Gasteiger partial charge in [-0.05, 0) is 67.6 Å². The van der Waals surface area contributed by atoms with Crippen LogP contribution in [0.15, 0.2) is 64.5 Å². The van der Waals surface area contributed by atoms with Gasteiger partial charge in [0.15, 0.2) is 5.84 Å². The lowest BCUT2D eigenvalue weighted by atomic mass is 10.1. The molecule has 2 aliphatic heterocycles. The van der Waals surface area contributed by atoms with E-state index in [1.807, 2.05) is 30.5 Å². The average Bonchev–Trinajstić information content (AvgIpc) is 3.38. The zero-order valence-corrected chi connectivity index (χ0v) is 20.0. The van der Waals surface area contributed by atoms with E-state index in [0.29, 0.717) is 21.5 Å². The summed E-state index contributed by atoms with van der Waals surface area (Å²) in [6.45, 7) is 3.68. The first-order valence-electron chi connectivity index (χ1n) is 10.3. The average molecular weight is 506 g/mol. The lowest BCUT2D eigenvalue weighted by Crippen LogP contribution is -2.35. The zero-order chi connectivity index (χ0) is 24.9. The number of thioether (sulfide) groups is 1. The third-order valence-corrected chi connectivity index (χ3v) is 6.79. The Kier molecular flexibility index (Phi) is 5.58. The Morgan fingerprint density at radius 2 is 2.03 bits per heavy atom. The molecule has 0 atom stereocenters. The molecule has 3 aromatic rings. The van der Waals surface area contributed by atoms with Crippen molar-refractivity contribution in [3.63, 3.8) is 0 Å². The van der Waals surface area contributed by atoms with Crippen LogP contribution in [0.25, 0.3) is 11.8 Å². The Bertz CT molecular complexity index is 1530. The third-order valence-electron chi connectivity index (χ3n) is 5.52. The fourth-order valence-electron chi connectivity index (χ4n) is 3.86. The summed E-state index contributed by atoms with van der Waals surface area (Å²) in [5, 5.41) is 26.7. The minimum Gasteiger partial charge on any atom is -0.318 e. The molecule has 5 rings (SSSR count). The Hall–Kier alpha value is -4.09. The summed E-state index contributed by atoms with van der Waals surface area (Å²) in [4.78, 5) is 31.8. The molecule has 1 aromatic carbocycles. The minimum absolute atomic E-state index is 0.0492. The Labute approximate surface area is 208 Å². The number of carbonyl (C=O) groups is 1. The number of nitrogens with zero attached hydrogens (tertiary/aromatic N) is 6. The largest absolute Gasteiger partial charge is 0.318 e. The summed E-state index contributed by atoms with van der Waals surface area (Å²) in [6, 6.07) is 10.0. The molecule has 2 aliphatic rings. The van der Waals surface area contributed by atoms with Gasteiger partial charge in [0.2, 0.25) is 5.17 Å². The van der Waals surface area contributed by atoms with E-state index in [1.165, 1.54) is 28.9 Å². The van der Waals surface area contributed by atoms with E-state index in [1.54, 1.807) is 30.6 Å². The number of hydrogen-bond donors (Lipinski definition) is 1. The summed E-state index contributed by atoms with van der Waals surface area (Å²) in [6.07, 6.45) is 4.90. The number of hydrogen-bond acceptors (Lipinski definition) is 7. The maximum atomic E-state index is 12.8. The fourth-order valence-corrected chi connectivity index (χ4v) is 4.93. The monoisotopic (exact) mass is 505 g/mol. The van der Waals surface area contributed by atoms with Crippen molar-refractivity contribution in [2.24, 2.45) is 10.1 Å². The normalized spacial score (nSPS) is 16.4. The van der Waals surface area contributed by atoms with Crippen LogP contribution in [0.2, 0.25) is 5.02 Å². The summed E-state index contributed by atoms with van der Waals surface area (Å²) in [5.41, 5.74) is 3.42. The van der Waals surface area contributed by atoms with Crippen LogP contribution < -0.4 is 0 Å². The molecule has 0 aliphatic carbocycles. The summed E-state index contributed by atoms with van der Waals surface area (Å²) in [5.74, 6) is -0.623. The lowest BCUT2D eigenvalue weighted by Gasteiger charge is -2.20. The van der Waals surface area contributed by atoms with Gasteiger partial charge >= 0.3 is 0 Å². The van der Waals surface area contributed by atoms with Crippen LogP contribution in [-0.4, -0.2) is 41.4 Å². The number of pyridine rings is 1. The number of nitro benzene ring substituents is 1. The molecule has 0 saturated heterocycles. The second-order valence-corrected chi connectivity index (χ2v) is 9.08. The van der Waals surface area contributed by atoms with E-state index in [0.717, 1.165) is 17.0 Å². The number of aliphatic imine (C=N–C) groups is 1. The second-order valence-electron chi connectivity index (χ2n) is 7.72. The first-order chi connectivity index (χ1) is 16.7. The number of rotatable bonds is 4. The molecule has 174 valence electrons. The van der Waals surface area contributed by atoms with E-state index < -0.39 is 10.8 Å². The highest BCUT2D eigenvalue weighted by Crippen LogP contribution is 2.33. The first-order valence-corrected chi connectivity index (χ1v) is 11.5. The van der Waals surface area contributed by atoms with Crippen molar-refractivity contribution in [3.8, 4) is 5.69 Å². The molecule has 0 saturated carbocycles. The van der Waals surface area contributed by atoms with Crippen LogP contribution in [0.1, 0.15) is 22.5 Å². The highest BCUT2D eigenvalue weighted by Gasteiger charge is 2.36. The summed E-state index contributed by atoms with van der Waals surface area (Å²) >= 11 is 7.17. The van der Waals surface area contributed by atoms with Crippen LogP contribution in [-0.2, 0) is 4.79 Å². The maximum Gasteiger partial charge on any atom is 0.289 e. The number of aromatic nitrogens is 2. The van der Waals surface area contributed by atoms with E-state index in [4.69, 9.17) is 17.0 Å². The molecule has 0 bridgehead atoms. The van der Waals surface area contributed by atoms with Crippen molar-refractivity contribution in [1.29, 1.82) is 5.41 Å². The van der Waals surface area contributed by atoms with Gasteiger partial charge in [0.25, 0.3) is 11.6 Å². The fraction of sp³-hybridized carbons (Fsp3) is 0.0870. The van der Waals surface area contributed by atoms with Crippen molar-refractivity contribution in [1.82, 2.24) is 14.6 Å². The molecule has 0 unspecified atom stereocenters. The van der Waals surface area contributed by atoms with Crippen LogP contribution >= 0.6 is 23.4 Å². The second kappa shape index (κ2) is 8.60. The SMILES string of the molecule is Cc1cc(/C=C2\C(=N)N3N=C(c4cccnc4)SC3=NC2=O)c(C)n1-c1ccc(Cl)c([N+](=O)[O-])c1. The van der Waals surface area contributed by atoms with Crippen LogP contribution in [0.3, 0.4) is 0 Å². The van der Waals surface area contributed by atoms with Gasteiger partial charge in [0, 0.05) is 35.4 Å². The zero-order valence-electron chi connectivity index (χ0n) is 18.4. The predicted molar refractivity (Wildman–Crippen MR) is 135 cm³/mol. The van der Waals surface area contributed by atoms with Gasteiger partial charge in [-0.25, -0.2) is 0 Å². The molecule has 10 nitrogen and oxygen atoms in total. The number of fused-ring (bicyclic) bond motifs is 1. The number of carbonyl (C=O) groups excluding carboxylic acids is 1. The highest BCUT2D eigenvalue weighted by atomic mass is 35.5. The molecule has 35 heavy (non-hydrogen) atoms. The van der Waals surface area contributed by atoms with Gasteiger partial charge in [0.05, 0.1) is 16.2 Å². The number of amides is 1. The van der Waals surface area contributed by atoms with Gasteiger partial charge in [-0.1, -0.05) is 11.6 Å². The number of nitro groups is 1. The van der Waals surface area contributed by atoms with Crippen LogP contribution in [0.4, 0.5) is 5.69 Å². The lowest BCUT2D eigenvalue weighted by molar-refractivity contribution is -0.384. The minimum atomic E-state index is -0.539. The van der Waals surface area contributed by atoms with Crippen molar-refractivity contribution >= 4 is 57.1 Å². The number of hydrazone groups is 1. The van der Waals surface area contributed by atoms with E-state index in [9.17, 15) is 14.9 Å². The number of aryl methyl sites for hydroxylation is 1. The van der Waals surface area contributed by atoms with E-state index in [2.05, 4.69) is 15.1 Å². The van der Waals surface area contributed by atoms with E-state index >= 15 is 0 Å². The van der Waals surface area contributed by atoms with Crippen molar-refractivity contribution < 1.29 is 9.72 Å². The Balaban J connectivity index is 1.52. The molecule has 0 radical (unpaired) electrons. The molecule has 2 aromatic heterocycles. The maximum absolute atomic E-state index is 12.8. The molecule has 4 heterocycles. The molecule has 0 fully saturated rings. The molecule has 1 N–H and O–H groups in total. The van der Waals surface area contributed by atoms with Crippen molar-refractivity contribution in [2.45, 2.75) is 13.8 Å². The highest BCUT2D eigenvalue weighted by molar-refractivity contribution is 8.27. The molecular weight excluding hydrogens is 490 g/mol. The van der Waals surface area contributed by atoms with Gasteiger partial charge in [-0.2, -0.15) is 15.1 Å². The van der Waals surface area contributed by atoms with Crippen LogP contribution in [0.5, 0.6) is 0 Å². The van der Waals surface area contributed by atoms with Gasteiger partial charge in [-0.15, -0.1) is 0 Å².